The van der Waals surface area contributed by atoms with Crippen molar-refractivity contribution in [2.24, 2.45) is 5.92 Å². The van der Waals surface area contributed by atoms with E-state index in [1.807, 2.05) is 0 Å². The van der Waals surface area contributed by atoms with Crippen molar-refractivity contribution in [1.82, 2.24) is 0 Å². The van der Waals surface area contributed by atoms with Gasteiger partial charge in [-0.2, -0.15) is 0 Å². The molecule has 2 aliphatic carbocycles. The molecule has 1 saturated heterocycles. The van der Waals surface area contributed by atoms with Gasteiger partial charge in [-0.15, -0.1) is 0 Å². The third-order valence-electron chi connectivity index (χ3n) is 3.72. The summed E-state index contributed by atoms with van der Waals surface area (Å²) in [6.07, 6.45) is 16.0. The fourth-order valence-corrected chi connectivity index (χ4v) is 2.52. The Bertz CT molecular complexity index is 105. The molecular weight excluding hydrogens is 196 g/mol. The first-order valence-electron chi connectivity index (χ1n) is 7.47. The summed E-state index contributed by atoms with van der Waals surface area (Å²) >= 11 is 0. The standard InChI is InChI=1S/C6H12.C5H10.C4H8O/c1-6-4-2-3-5-6;2*1-2-4-5-3-1/h6H,2-5H2,1H3;1-5H2;1-4H2. The van der Waals surface area contributed by atoms with Crippen LogP contribution in [0.15, 0.2) is 0 Å². The number of ether oxygens (including phenoxy) is 1. The lowest BCUT2D eigenvalue weighted by Gasteiger charge is -1.91. The molecule has 3 aliphatic rings. The molecule has 3 fully saturated rings. The van der Waals surface area contributed by atoms with Gasteiger partial charge < -0.3 is 4.74 Å². The number of hydrogen-bond donors (Lipinski definition) is 0. The van der Waals surface area contributed by atoms with Gasteiger partial charge in [0.05, 0.1) is 0 Å². The minimum atomic E-state index is 1.00. The molecule has 2 saturated carbocycles. The lowest BCUT2D eigenvalue weighted by Crippen LogP contribution is -1.78. The summed E-state index contributed by atoms with van der Waals surface area (Å²) in [6.45, 7) is 4.34. The Labute approximate surface area is 102 Å². The van der Waals surface area contributed by atoms with E-state index in [4.69, 9.17) is 4.74 Å². The van der Waals surface area contributed by atoms with E-state index in [-0.39, 0.29) is 0 Å². The van der Waals surface area contributed by atoms with E-state index >= 15 is 0 Å². The maximum Gasteiger partial charge on any atom is 0.0466 e. The highest BCUT2D eigenvalue weighted by Gasteiger charge is 2.07. The quantitative estimate of drug-likeness (QED) is 0.568. The molecule has 0 spiro atoms. The van der Waals surface area contributed by atoms with Crippen molar-refractivity contribution in [3.8, 4) is 0 Å². The van der Waals surface area contributed by atoms with Gasteiger partial charge in [0.15, 0.2) is 0 Å². The smallest absolute Gasteiger partial charge is 0.0466 e. The van der Waals surface area contributed by atoms with Crippen LogP contribution in [0.2, 0.25) is 0 Å². The van der Waals surface area contributed by atoms with Crippen molar-refractivity contribution in [3.63, 3.8) is 0 Å². The summed E-state index contributed by atoms with van der Waals surface area (Å²) in [4.78, 5) is 0. The highest BCUT2D eigenvalue weighted by Crippen LogP contribution is 2.22. The Hall–Kier alpha value is -0.0400. The zero-order valence-corrected chi connectivity index (χ0v) is 11.2. The van der Waals surface area contributed by atoms with Gasteiger partial charge in [0.25, 0.3) is 0 Å². The van der Waals surface area contributed by atoms with Gasteiger partial charge in [-0.05, 0) is 18.8 Å². The first kappa shape index (κ1) is 14.0. The van der Waals surface area contributed by atoms with Crippen molar-refractivity contribution in [3.05, 3.63) is 0 Å². The lowest BCUT2D eigenvalue weighted by molar-refractivity contribution is 0.198. The second-order valence-electron chi connectivity index (χ2n) is 5.48. The molecule has 96 valence electrons. The summed E-state index contributed by atoms with van der Waals surface area (Å²) in [5.41, 5.74) is 0. The fraction of sp³-hybridized carbons (Fsp3) is 1.00. The van der Waals surface area contributed by atoms with E-state index in [0.717, 1.165) is 19.1 Å². The molecule has 3 rings (SSSR count). The SMILES string of the molecule is C1CCCC1.C1CCOC1.CC1CCCC1. The van der Waals surface area contributed by atoms with E-state index in [2.05, 4.69) is 6.92 Å². The molecule has 1 heterocycles. The Balaban J connectivity index is 0.000000121. The predicted octanol–water partition coefficient (Wildman–Crippen LogP) is 4.94. The van der Waals surface area contributed by atoms with Gasteiger partial charge in [-0.1, -0.05) is 64.7 Å². The monoisotopic (exact) mass is 226 g/mol. The minimum Gasteiger partial charge on any atom is -0.381 e. The van der Waals surface area contributed by atoms with Gasteiger partial charge in [0.1, 0.15) is 0 Å². The average molecular weight is 226 g/mol. The number of hydrogen-bond acceptors (Lipinski definition) is 1. The second-order valence-corrected chi connectivity index (χ2v) is 5.48. The van der Waals surface area contributed by atoms with Gasteiger partial charge in [-0.3, -0.25) is 0 Å². The van der Waals surface area contributed by atoms with Crippen LogP contribution in [0.25, 0.3) is 0 Å². The second kappa shape index (κ2) is 10.1. The van der Waals surface area contributed by atoms with Gasteiger partial charge in [0, 0.05) is 13.2 Å². The van der Waals surface area contributed by atoms with E-state index in [1.165, 1.54) is 70.6 Å². The van der Waals surface area contributed by atoms with Crippen molar-refractivity contribution < 1.29 is 4.74 Å². The summed E-state index contributed by atoms with van der Waals surface area (Å²) in [5, 5.41) is 0. The number of rotatable bonds is 0. The summed E-state index contributed by atoms with van der Waals surface area (Å²) < 4.78 is 4.94. The van der Waals surface area contributed by atoms with Crippen LogP contribution in [0.4, 0.5) is 0 Å². The topological polar surface area (TPSA) is 9.23 Å². The van der Waals surface area contributed by atoms with E-state index < -0.39 is 0 Å². The molecule has 0 radical (unpaired) electrons. The van der Waals surface area contributed by atoms with Crippen LogP contribution >= 0.6 is 0 Å². The van der Waals surface area contributed by atoms with Crippen LogP contribution in [-0.2, 0) is 4.74 Å². The Kier molecular flexibility index (Phi) is 8.88. The first-order chi connectivity index (χ1) is 7.89. The molecular formula is C15H30O. The zero-order chi connectivity index (χ0) is 11.5. The summed E-state index contributed by atoms with van der Waals surface area (Å²) in [6, 6.07) is 0. The van der Waals surface area contributed by atoms with Crippen LogP contribution in [0.1, 0.15) is 77.6 Å². The van der Waals surface area contributed by atoms with Gasteiger partial charge in [0.2, 0.25) is 0 Å². The van der Waals surface area contributed by atoms with Crippen molar-refractivity contribution in [1.29, 1.82) is 0 Å². The maximum atomic E-state index is 4.94. The molecule has 0 aromatic rings. The summed E-state index contributed by atoms with van der Waals surface area (Å²) in [5.74, 6) is 1.05. The zero-order valence-electron chi connectivity index (χ0n) is 11.2. The highest BCUT2D eigenvalue weighted by molar-refractivity contribution is 4.60. The third-order valence-corrected chi connectivity index (χ3v) is 3.72. The average Bonchev–Trinajstić information content (AvgIpc) is 3.07. The Morgan fingerprint density at radius 2 is 1.06 bits per heavy atom. The van der Waals surface area contributed by atoms with Crippen LogP contribution < -0.4 is 0 Å². The molecule has 0 unspecified atom stereocenters. The van der Waals surface area contributed by atoms with Crippen LogP contribution in [0, 0.1) is 5.92 Å². The molecule has 1 nitrogen and oxygen atoms in total. The van der Waals surface area contributed by atoms with Crippen LogP contribution in [-0.4, -0.2) is 13.2 Å². The predicted molar refractivity (Wildman–Crippen MR) is 70.8 cm³/mol. The van der Waals surface area contributed by atoms with E-state index in [1.54, 1.807) is 0 Å². The highest BCUT2D eigenvalue weighted by atomic mass is 16.5. The molecule has 0 N–H and O–H groups in total. The first-order valence-corrected chi connectivity index (χ1v) is 7.47. The summed E-state index contributed by atoms with van der Waals surface area (Å²) in [7, 11) is 0. The van der Waals surface area contributed by atoms with Gasteiger partial charge >= 0.3 is 0 Å². The lowest BCUT2D eigenvalue weighted by atomic mass is 10.2. The molecule has 0 aromatic heterocycles. The molecule has 0 aromatic carbocycles. The third kappa shape index (κ3) is 8.15. The van der Waals surface area contributed by atoms with Crippen molar-refractivity contribution in [2.45, 2.75) is 77.6 Å². The molecule has 1 aliphatic heterocycles. The van der Waals surface area contributed by atoms with Crippen molar-refractivity contribution in [2.75, 3.05) is 13.2 Å². The Morgan fingerprint density at radius 1 is 0.625 bits per heavy atom. The Morgan fingerprint density at radius 3 is 1.25 bits per heavy atom. The fourth-order valence-electron chi connectivity index (χ4n) is 2.52. The molecule has 0 amide bonds. The minimum absolute atomic E-state index is 1.00. The van der Waals surface area contributed by atoms with Gasteiger partial charge in [-0.25, -0.2) is 0 Å². The largest absolute Gasteiger partial charge is 0.381 e. The van der Waals surface area contributed by atoms with E-state index in [9.17, 15) is 0 Å². The molecule has 1 heteroatoms. The molecule has 0 bridgehead atoms. The molecule has 16 heavy (non-hydrogen) atoms. The van der Waals surface area contributed by atoms with E-state index in [0.29, 0.717) is 0 Å². The van der Waals surface area contributed by atoms with Crippen LogP contribution in [0.5, 0.6) is 0 Å². The maximum absolute atomic E-state index is 4.94. The molecule has 0 atom stereocenters. The van der Waals surface area contributed by atoms with Crippen molar-refractivity contribution >= 4 is 0 Å². The normalized spacial score (nSPS) is 24.6. The van der Waals surface area contributed by atoms with Crippen LogP contribution in [0.3, 0.4) is 0 Å².